The Kier molecular flexibility index (Phi) is 5.13. The van der Waals surface area contributed by atoms with Gasteiger partial charge >= 0.3 is 5.97 Å². The summed E-state index contributed by atoms with van der Waals surface area (Å²) in [5.74, 6) is -0.703. The van der Waals surface area contributed by atoms with Crippen molar-refractivity contribution in [3.63, 3.8) is 0 Å². The molecule has 0 atom stereocenters. The van der Waals surface area contributed by atoms with Crippen LogP contribution in [0.4, 0.5) is 0 Å². The van der Waals surface area contributed by atoms with Gasteiger partial charge in [-0.05, 0) is 19.1 Å². The van der Waals surface area contributed by atoms with Gasteiger partial charge in [0.15, 0.2) is 0 Å². The zero-order valence-corrected chi connectivity index (χ0v) is 13.1. The predicted octanol–water partition coefficient (Wildman–Crippen LogP) is 2.13. The van der Waals surface area contributed by atoms with Crippen LogP contribution in [0, 0.1) is 0 Å². The molecule has 1 amide bonds. The number of hydrogen-bond acceptors (Lipinski definition) is 4. The standard InChI is InChI=1S/C14H16ClNO4S/c1-14(20-6-13(18)19)8-16(9-14)12(17)7-21-11-5-3-2-4-10(11)15/h2-5H,6-9H2,1H3,(H,18,19). The molecular formula is C14H16ClNO4S. The van der Waals surface area contributed by atoms with E-state index in [4.69, 9.17) is 21.4 Å². The van der Waals surface area contributed by atoms with Gasteiger partial charge in [-0.25, -0.2) is 4.79 Å². The van der Waals surface area contributed by atoms with Crippen LogP contribution in [0.25, 0.3) is 0 Å². The molecule has 0 aliphatic carbocycles. The minimum Gasteiger partial charge on any atom is -0.480 e. The van der Waals surface area contributed by atoms with Crippen LogP contribution in [0.2, 0.25) is 5.02 Å². The fourth-order valence-corrected chi connectivity index (χ4v) is 3.20. The lowest BCUT2D eigenvalue weighted by atomic mass is 9.96. The van der Waals surface area contributed by atoms with Crippen molar-refractivity contribution in [2.45, 2.75) is 17.4 Å². The molecule has 1 aromatic carbocycles. The maximum atomic E-state index is 12.0. The Morgan fingerprint density at radius 1 is 1.43 bits per heavy atom. The first-order chi connectivity index (χ1) is 9.89. The van der Waals surface area contributed by atoms with Crippen molar-refractivity contribution in [1.82, 2.24) is 4.90 Å². The molecule has 0 radical (unpaired) electrons. The molecule has 0 unspecified atom stereocenters. The van der Waals surface area contributed by atoms with Crippen LogP contribution >= 0.6 is 23.4 Å². The topological polar surface area (TPSA) is 66.8 Å². The van der Waals surface area contributed by atoms with Gasteiger partial charge in [-0.2, -0.15) is 0 Å². The fraction of sp³-hybridized carbons (Fsp3) is 0.429. The number of likely N-dealkylation sites (tertiary alicyclic amines) is 1. The number of ether oxygens (including phenoxy) is 1. The van der Waals surface area contributed by atoms with Crippen LogP contribution in [0.1, 0.15) is 6.92 Å². The molecule has 0 bridgehead atoms. The lowest BCUT2D eigenvalue weighted by Crippen LogP contribution is -2.63. The number of amides is 1. The molecule has 1 aliphatic heterocycles. The fourth-order valence-electron chi connectivity index (χ4n) is 2.06. The number of rotatable bonds is 6. The molecule has 1 saturated heterocycles. The van der Waals surface area contributed by atoms with E-state index in [1.165, 1.54) is 11.8 Å². The van der Waals surface area contributed by atoms with Gasteiger partial charge in [0.05, 0.1) is 23.9 Å². The van der Waals surface area contributed by atoms with Crippen molar-refractivity contribution >= 4 is 35.2 Å². The molecular weight excluding hydrogens is 314 g/mol. The van der Waals surface area contributed by atoms with Crippen LogP contribution < -0.4 is 0 Å². The molecule has 7 heteroatoms. The third-order valence-corrected chi connectivity index (χ3v) is 4.64. The molecule has 1 heterocycles. The van der Waals surface area contributed by atoms with Crippen molar-refractivity contribution < 1.29 is 19.4 Å². The largest absolute Gasteiger partial charge is 0.480 e. The second-order valence-electron chi connectivity index (χ2n) is 5.10. The summed E-state index contributed by atoms with van der Waals surface area (Å²) >= 11 is 7.42. The summed E-state index contributed by atoms with van der Waals surface area (Å²) in [7, 11) is 0. The maximum absolute atomic E-state index is 12.0. The van der Waals surface area contributed by atoms with E-state index in [2.05, 4.69) is 0 Å². The number of thioether (sulfide) groups is 1. The first kappa shape index (κ1) is 16.1. The second-order valence-corrected chi connectivity index (χ2v) is 6.53. The van der Waals surface area contributed by atoms with Crippen LogP contribution in [0.15, 0.2) is 29.2 Å². The Balaban J connectivity index is 1.76. The monoisotopic (exact) mass is 329 g/mol. The van der Waals surface area contributed by atoms with Gasteiger partial charge in [-0.15, -0.1) is 11.8 Å². The zero-order valence-electron chi connectivity index (χ0n) is 11.5. The highest BCUT2D eigenvalue weighted by molar-refractivity contribution is 8.00. The summed E-state index contributed by atoms with van der Waals surface area (Å²) in [5.41, 5.74) is -0.552. The Morgan fingerprint density at radius 2 is 2.10 bits per heavy atom. The first-order valence-corrected chi connectivity index (χ1v) is 7.77. The van der Waals surface area contributed by atoms with E-state index in [1.807, 2.05) is 18.2 Å². The molecule has 21 heavy (non-hydrogen) atoms. The summed E-state index contributed by atoms with van der Waals surface area (Å²) in [4.78, 5) is 25.0. The van der Waals surface area contributed by atoms with Crippen molar-refractivity contribution in [3.05, 3.63) is 29.3 Å². The third kappa shape index (κ3) is 4.36. The molecule has 1 aromatic rings. The zero-order chi connectivity index (χ0) is 15.5. The maximum Gasteiger partial charge on any atom is 0.329 e. The highest BCUT2D eigenvalue weighted by Crippen LogP contribution is 2.29. The van der Waals surface area contributed by atoms with Gasteiger partial charge in [-0.3, -0.25) is 4.79 Å². The third-order valence-electron chi connectivity index (χ3n) is 3.14. The van der Waals surface area contributed by atoms with E-state index in [-0.39, 0.29) is 12.5 Å². The van der Waals surface area contributed by atoms with Crippen LogP contribution in [-0.4, -0.2) is 52.9 Å². The predicted molar refractivity (Wildman–Crippen MR) is 80.7 cm³/mol. The number of nitrogens with zero attached hydrogens (tertiary/aromatic N) is 1. The van der Waals surface area contributed by atoms with Crippen molar-refractivity contribution in [3.8, 4) is 0 Å². The second kappa shape index (κ2) is 6.68. The van der Waals surface area contributed by atoms with Crippen LogP contribution in [0.3, 0.4) is 0 Å². The minimum absolute atomic E-state index is 0.00341. The number of carboxylic acid groups (broad SMARTS) is 1. The summed E-state index contributed by atoms with van der Waals surface area (Å²) in [6.07, 6.45) is 0. The van der Waals surface area contributed by atoms with E-state index in [0.29, 0.717) is 23.9 Å². The number of halogens is 1. The van der Waals surface area contributed by atoms with Gasteiger partial charge in [0, 0.05) is 4.90 Å². The average Bonchev–Trinajstić information content (AvgIpc) is 2.41. The van der Waals surface area contributed by atoms with E-state index in [1.54, 1.807) is 17.9 Å². The lowest BCUT2D eigenvalue weighted by molar-refractivity contribution is -0.171. The van der Waals surface area contributed by atoms with Gasteiger partial charge < -0.3 is 14.7 Å². The number of hydrogen-bond donors (Lipinski definition) is 1. The van der Waals surface area contributed by atoms with E-state index in [0.717, 1.165) is 4.90 Å². The normalized spacial score (nSPS) is 16.4. The van der Waals surface area contributed by atoms with E-state index < -0.39 is 11.6 Å². The highest BCUT2D eigenvalue weighted by atomic mass is 35.5. The summed E-state index contributed by atoms with van der Waals surface area (Å²) in [5, 5.41) is 9.22. The molecule has 5 nitrogen and oxygen atoms in total. The molecule has 1 aliphatic rings. The quantitative estimate of drug-likeness (QED) is 0.810. The van der Waals surface area contributed by atoms with E-state index >= 15 is 0 Å². The number of carbonyl (C=O) groups is 2. The van der Waals surface area contributed by atoms with Crippen molar-refractivity contribution in [2.24, 2.45) is 0 Å². The van der Waals surface area contributed by atoms with Crippen LogP contribution in [0.5, 0.6) is 0 Å². The van der Waals surface area contributed by atoms with Gasteiger partial charge in [0.25, 0.3) is 0 Å². The summed E-state index contributed by atoms with van der Waals surface area (Å²) < 4.78 is 5.27. The number of carbonyl (C=O) groups excluding carboxylic acids is 1. The first-order valence-electron chi connectivity index (χ1n) is 6.40. The lowest BCUT2D eigenvalue weighted by Gasteiger charge is -2.47. The molecule has 0 saturated carbocycles. The van der Waals surface area contributed by atoms with Crippen molar-refractivity contribution in [2.75, 3.05) is 25.4 Å². The summed E-state index contributed by atoms with van der Waals surface area (Å²) in [6, 6.07) is 7.37. The van der Waals surface area contributed by atoms with Crippen LogP contribution in [-0.2, 0) is 14.3 Å². The highest BCUT2D eigenvalue weighted by Gasteiger charge is 2.42. The van der Waals surface area contributed by atoms with Gasteiger partial charge in [0.2, 0.25) is 5.91 Å². The SMILES string of the molecule is CC1(OCC(=O)O)CN(C(=O)CSc2ccccc2Cl)C1. The Morgan fingerprint density at radius 3 is 2.71 bits per heavy atom. The Bertz CT molecular complexity index is 546. The molecule has 2 rings (SSSR count). The summed E-state index contributed by atoms with van der Waals surface area (Å²) in [6.45, 7) is 2.30. The molecule has 0 spiro atoms. The van der Waals surface area contributed by atoms with Gasteiger partial charge in [-0.1, -0.05) is 23.7 Å². The molecule has 114 valence electrons. The average molecular weight is 330 g/mol. The molecule has 0 aromatic heterocycles. The minimum atomic E-state index is -1.00. The molecule has 1 N–H and O–H groups in total. The Labute approximate surface area is 132 Å². The van der Waals surface area contributed by atoms with E-state index in [9.17, 15) is 9.59 Å². The molecule has 1 fully saturated rings. The Hall–Kier alpha value is -1.24. The number of carboxylic acids is 1. The van der Waals surface area contributed by atoms with Crippen molar-refractivity contribution in [1.29, 1.82) is 0 Å². The number of aliphatic carboxylic acids is 1. The number of benzene rings is 1. The van der Waals surface area contributed by atoms with Gasteiger partial charge in [0.1, 0.15) is 12.2 Å². The smallest absolute Gasteiger partial charge is 0.329 e.